The molecule has 0 atom stereocenters. The van der Waals surface area contributed by atoms with Crippen molar-refractivity contribution in [3.05, 3.63) is 42.0 Å². The van der Waals surface area contributed by atoms with Crippen LogP contribution in [0.1, 0.15) is 32.6 Å². The van der Waals surface area contributed by atoms with Crippen LogP contribution in [0.5, 0.6) is 5.75 Å². The first-order chi connectivity index (χ1) is 9.31. The maximum atomic E-state index is 5.53. The van der Waals surface area contributed by atoms with Crippen LogP contribution < -0.4 is 10.3 Å². The van der Waals surface area contributed by atoms with Gasteiger partial charge in [-0.25, -0.2) is 0 Å². The molecule has 1 N–H and O–H groups in total. The molecule has 1 aromatic carbocycles. The molecule has 19 heavy (non-hydrogen) atoms. The monoisotopic (exact) mass is 265 g/mol. The van der Waals surface area contributed by atoms with E-state index in [9.17, 15) is 0 Å². The zero-order valence-corrected chi connectivity index (χ0v) is 11.9. The largest absolute Gasteiger partial charge is 0.408 e. The standard InChI is InChI=1S/C15H23NO3/c1-4-7-12-16-19-14-10-8-13(9-11-14)15(17-5-2)18-6-3/h4,7-11,15-16H,5-6,12H2,1-3H3/b7-4-. The van der Waals surface area contributed by atoms with Gasteiger partial charge in [0.1, 0.15) is 5.75 Å². The zero-order chi connectivity index (χ0) is 13.9. The zero-order valence-electron chi connectivity index (χ0n) is 11.9. The minimum atomic E-state index is -0.306. The second kappa shape index (κ2) is 9.55. The van der Waals surface area contributed by atoms with Gasteiger partial charge in [0.25, 0.3) is 0 Å². The smallest absolute Gasteiger partial charge is 0.183 e. The van der Waals surface area contributed by atoms with Crippen molar-refractivity contribution in [1.82, 2.24) is 5.48 Å². The summed E-state index contributed by atoms with van der Waals surface area (Å²) in [4.78, 5) is 5.38. The first-order valence-corrected chi connectivity index (χ1v) is 6.65. The Bertz CT molecular complexity index is 356. The number of ether oxygens (including phenoxy) is 2. The molecule has 0 aliphatic heterocycles. The molecule has 0 radical (unpaired) electrons. The van der Waals surface area contributed by atoms with E-state index in [1.54, 1.807) is 0 Å². The highest BCUT2D eigenvalue weighted by Crippen LogP contribution is 2.21. The molecule has 0 aromatic heterocycles. The number of allylic oxidation sites excluding steroid dienone is 1. The van der Waals surface area contributed by atoms with Crippen molar-refractivity contribution in [2.75, 3.05) is 19.8 Å². The van der Waals surface area contributed by atoms with Crippen LogP contribution in [0.4, 0.5) is 0 Å². The Morgan fingerprint density at radius 2 is 1.74 bits per heavy atom. The minimum absolute atomic E-state index is 0.306. The summed E-state index contributed by atoms with van der Waals surface area (Å²) >= 11 is 0. The van der Waals surface area contributed by atoms with E-state index < -0.39 is 0 Å². The van der Waals surface area contributed by atoms with Gasteiger partial charge in [-0.05, 0) is 32.9 Å². The summed E-state index contributed by atoms with van der Waals surface area (Å²) in [6, 6.07) is 7.68. The summed E-state index contributed by atoms with van der Waals surface area (Å²) in [6.45, 7) is 7.79. The molecule has 1 aromatic rings. The maximum Gasteiger partial charge on any atom is 0.183 e. The topological polar surface area (TPSA) is 39.7 Å². The predicted molar refractivity (Wildman–Crippen MR) is 75.9 cm³/mol. The van der Waals surface area contributed by atoms with E-state index in [0.717, 1.165) is 11.3 Å². The lowest BCUT2D eigenvalue weighted by Gasteiger charge is -2.17. The first kappa shape index (κ1) is 15.7. The van der Waals surface area contributed by atoms with Crippen molar-refractivity contribution in [3.8, 4) is 5.75 Å². The Hall–Kier alpha value is -1.36. The van der Waals surface area contributed by atoms with Crippen LogP contribution in [-0.4, -0.2) is 19.8 Å². The number of benzene rings is 1. The van der Waals surface area contributed by atoms with Crippen molar-refractivity contribution in [1.29, 1.82) is 0 Å². The van der Waals surface area contributed by atoms with Crippen LogP contribution >= 0.6 is 0 Å². The average molecular weight is 265 g/mol. The molecule has 0 saturated heterocycles. The second-order valence-electron chi connectivity index (χ2n) is 3.83. The van der Waals surface area contributed by atoms with Crippen LogP contribution in [-0.2, 0) is 9.47 Å². The van der Waals surface area contributed by atoms with Gasteiger partial charge < -0.3 is 14.3 Å². The van der Waals surface area contributed by atoms with Gasteiger partial charge in [0.15, 0.2) is 6.29 Å². The highest BCUT2D eigenvalue weighted by atomic mass is 16.7. The summed E-state index contributed by atoms with van der Waals surface area (Å²) in [5.41, 5.74) is 3.84. The minimum Gasteiger partial charge on any atom is -0.408 e. The molecule has 0 amide bonds. The summed E-state index contributed by atoms with van der Waals surface area (Å²) in [6.07, 6.45) is 3.64. The van der Waals surface area contributed by atoms with E-state index >= 15 is 0 Å². The van der Waals surface area contributed by atoms with Gasteiger partial charge >= 0.3 is 0 Å². The summed E-state index contributed by atoms with van der Waals surface area (Å²) in [5.74, 6) is 0.764. The number of hydroxylamine groups is 1. The Balaban J connectivity index is 2.53. The first-order valence-electron chi connectivity index (χ1n) is 6.65. The summed E-state index contributed by atoms with van der Waals surface area (Å²) in [5, 5.41) is 0. The van der Waals surface area contributed by atoms with Crippen LogP contribution in [0.25, 0.3) is 0 Å². The van der Waals surface area contributed by atoms with Crippen LogP contribution in [0, 0.1) is 0 Å². The summed E-state index contributed by atoms with van der Waals surface area (Å²) in [7, 11) is 0. The van der Waals surface area contributed by atoms with Gasteiger partial charge in [-0.1, -0.05) is 24.3 Å². The molecule has 1 rings (SSSR count). The molecule has 0 fully saturated rings. The lowest BCUT2D eigenvalue weighted by molar-refractivity contribution is -0.140. The van der Waals surface area contributed by atoms with E-state index in [0.29, 0.717) is 19.8 Å². The molecule has 0 saturated carbocycles. The third-order valence-corrected chi connectivity index (χ3v) is 2.42. The third kappa shape index (κ3) is 5.87. The van der Waals surface area contributed by atoms with Crippen molar-refractivity contribution >= 4 is 0 Å². The molecule has 0 bridgehead atoms. The van der Waals surface area contributed by atoms with E-state index in [-0.39, 0.29) is 6.29 Å². The van der Waals surface area contributed by atoms with Gasteiger partial charge in [0.05, 0.1) is 0 Å². The van der Waals surface area contributed by atoms with Gasteiger partial charge in [-0.3, -0.25) is 0 Å². The van der Waals surface area contributed by atoms with Crippen molar-refractivity contribution < 1.29 is 14.3 Å². The SMILES string of the molecule is C/C=C\CNOc1ccc(C(OCC)OCC)cc1. The quantitative estimate of drug-likeness (QED) is 0.322. The molecule has 4 nitrogen and oxygen atoms in total. The normalized spacial score (nSPS) is 11.4. The fraction of sp³-hybridized carbons (Fsp3) is 0.467. The average Bonchev–Trinajstić information content (AvgIpc) is 2.44. The van der Waals surface area contributed by atoms with Gasteiger partial charge in [0.2, 0.25) is 0 Å². The van der Waals surface area contributed by atoms with Crippen molar-refractivity contribution in [3.63, 3.8) is 0 Å². The van der Waals surface area contributed by atoms with Crippen molar-refractivity contribution in [2.45, 2.75) is 27.1 Å². The maximum absolute atomic E-state index is 5.53. The van der Waals surface area contributed by atoms with Gasteiger partial charge in [0, 0.05) is 25.3 Å². The van der Waals surface area contributed by atoms with Crippen LogP contribution in [0.2, 0.25) is 0 Å². The van der Waals surface area contributed by atoms with Gasteiger partial charge in [-0.2, -0.15) is 5.48 Å². The molecular formula is C15H23NO3. The molecule has 0 unspecified atom stereocenters. The highest BCUT2D eigenvalue weighted by molar-refractivity contribution is 5.27. The lowest BCUT2D eigenvalue weighted by Crippen LogP contribution is -2.18. The Morgan fingerprint density at radius 1 is 1.11 bits per heavy atom. The second-order valence-corrected chi connectivity index (χ2v) is 3.83. The molecule has 0 aliphatic carbocycles. The Labute approximate surface area is 115 Å². The number of hydrogen-bond acceptors (Lipinski definition) is 4. The molecule has 4 heteroatoms. The molecule has 0 heterocycles. The Kier molecular flexibility index (Phi) is 7.89. The number of hydrogen-bond donors (Lipinski definition) is 1. The van der Waals surface area contributed by atoms with Crippen LogP contribution in [0.15, 0.2) is 36.4 Å². The van der Waals surface area contributed by atoms with Crippen LogP contribution in [0.3, 0.4) is 0 Å². The van der Waals surface area contributed by atoms with E-state index in [1.807, 2.05) is 57.2 Å². The molecule has 0 spiro atoms. The summed E-state index contributed by atoms with van der Waals surface area (Å²) < 4.78 is 11.1. The highest BCUT2D eigenvalue weighted by Gasteiger charge is 2.10. The fourth-order valence-electron chi connectivity index (χ4n) is 1.53. The van der Waals surface area contributed by atoms with Gasteiger partial charge in [-0.15, -0.1) is 0 Å². The lowest BCUT2D eigenvalue weighted by atomic mass is 10.2. The van der Waals surface area contributed by atoms with Crippen molar-refractivity contribution in [2.24, 2.45) is 0 Å². The number of rotatable bonds is 9. The molecular weight excluding hydrogens is 242 g/mol. The van der Waals surface area contributed by atoms with E-state index in [2.05, 4.69) is 5.48 Å². The fourth-order valence-corrected chi connectivity index (χ4v) is 1.53. The van der Waals surface area contributed by atoms with E-state index in [4.69, 9.17) is 14.3 Å². The third-order valence-electron chi connectivity index (χ3n) is 2.42. The molecule has 106 valence electrons. The Morgan fingerprint density at radius 3 is 2.26 bits per heavy atom. The van der Waals surface area contributed by atoms with E-state index in [1.165, 1.54) is 0 Å². The predicted octanol–water partition coefficient (Wildman–Crippen LogP) is 3.22. The molecule has 0 aliphatic rings. The number of nitrogens with one attached hydrogen (secondary N) is 1.